The Morgan fingerprint density at radius 1 is 0.840 bits per heavy atom. The highest BCUT2D eigenvalue weighted by Gasteiger charge is 2.19. The largest absolute Gasteiger partial charge is 0.507 e. The van der Waals surface area contributed by atoms with Gasteiger partial charge in [0.2, 0.25) is 0 Å². The van der Waals surface area contributed by atoms with Gasteiger partial charge in [-0.1, -0.05) is 24.3 Å². The number of halogens is 2. The van der Waals surface area contributed by atoms with E-state index in [2.05, 4.69) is 0 Å². The highest BCUT2D eigenvalue weighted by atomic mass is 19.1. The predicted octanol–water partition coefficient (Wildman–Crippen LogP) is 3.61. The number of carbonyl (C=O) groups is 1. The molecule has 0 saturated heterocycles. The van der Waals surface area contributed by atoms with Crippen LogP contribution in [0.1, 0.15) is 10.4 Å². The summed E-state index contributed by atoms with van der Waals surface area (Å²) in [5.41, 5.74) is 4.09. The molecule has 4 N–H and O–H groups in total. The lowest BCUT2D eigenvalue weighted by atomic mass is 9.93. The summed E-state index contributed by atoms with van der Waals surface area (Å²) in [6.45, 7) is 0. The van der Waals surface area contributed by atoms with Gasteiger partial charge in [0.1, 0.15) is 17.4 Å². The van der Waals surface area contributed by atoms with E-state index in [1.165, 1.54) is 42.5 Å². The topological polar surface area (TPSA) is 75.3 Å². The number of aromatic hydroxyl groups is 1. The van der Waals surface area contributed by atoms with E-state index in [4.69, 9.17) is 5.84 Å². The lowest BCUT2D eigenvalue weighted by molar-refractivity contribution is 0.0951. The van der Waals surface area contributed by atoms with Gasteiger partial charge in [0, 0.05) is 0 Å². The molecule has 0 saturated carbocycles. The minimum atomic E-state index is -0.678. The summed E-state index contributed by atoms with van der Waals surface area (Å²) in [6.07, 6.45) is 0. The third kappa shape index (κ3) is 3.34. The van der Waals surface area contributed by atoms with E-state index in [9.17, 15) is 18.7 Å². The molecule has 0 bridgehead atoms. The Morgan fingerprint density at radius 3 is 1.88 bits per heavy atom. The van der Waals surface area contributed by atoms with Crippen molar-refractivity contribution in [1.82, 2.24) is 5.43 Å². The molecule has 0 spiro atoms. The number of hydrogen-bond acceptors (Lipinski definition) is 3. The maximum absolute atomic E-state index is 13.2. The summed E-state index contributed by atoms with van der Waals surface area (Å²) in [7, 11) is 0. The highest BCUT2D eigenvalue weighted by molar-refractivity contribution is 6.04. The van der Waals surface area contributed by atoms with Gasteiger partial charge in [0.15, 0.2) is 0 Å². The number of carbonyl (C=O) groups excluding carboxylic acids is 1. The molecule has 0 fully saturated rings. The predicted molar refractivity (Wildman–Crippen MR) is 90.5 cm³/mol. The summed E-state index contributed by atoms with van der Waals surface area (Å²) < 4.78 is 26.3. The maximum atomic E-state index is 13.2. The molecule has 0 atom stereocenters. The fraction of sp³-hybridized carbons (Fsp3) is 0. The summed E-state index contributed by atoms with van der Waals surface area (Å²) in [5.74, 6) is 3.42. The van der Waals surface area contributed by atoms with Gasteiger partial charge in [0.05, 0.1) is 5.56 Å². The lowest BCUT2D eigenvalue weighted by Crippen LogP contribution is -2.30. The van der Waals surface area contributed by atoms with Crippen molar-refractivity contribution >= 4 is 5.91 Å². The summed E-state index contributed by atoms with van der Waals surface area (Å²) >= 11 is 0. The van der Waals surface area contributed by atoms with Crippen molar-refractivity contribution in [3.63, 3.8) is 0 Å². The van der Waals surface area contributed by atoms with Crippen LogP contribution in [0.5, 0.6) is 5.75 Å². The first-order valence-electron chi connectivity index (χ1n) is 7.39. The second kappa shape index (κ2) is 6.70. The number of rotatable bonds is 3. The Bertz CT molecular complexity index is 923. The first kappa shape index (κ1) is 16.6. The van der Waals surface area contributed by atoms with Gasteiger partial charge < -0.3 is 5.11 Å². The van der Waals surface area contributed by atoms with Crippen LogP contribution in [0.15, 0.2) is 60.7 Å². The van der Waals surface area contributed by atoms with Crippen LogP contribution < -0.4 is 11.3 Å². The number of benzene rings is 3. The Hall–Kier alpha value is -3.25. The van der Waals surface area contributed by atoms with Crippen molar-refractivity contribution in [1.29, 1.82) is 0 Å². The van der Waals surface area contributed by atoms with Crippen molar-refractivity contribution in [2.24, 2.45) is 5.84 Å². The van der Waals surface area contributed by atoms with Crippen LogP contribution in [0.3, 0.4) is 0 Å². The normalized spacial score (nSPS) is 10.5. The number of phenols is 1. The van der Waals surface area contributed by atoms with E-state index >= 15 is 0 Å². The summed E-state index contributed by atoms with van der Waals surface area (Å²) in [4.78, 5) is 12.1. The van der Waals surface area contributed by atoms with Crippen LogP contribution in [0.4, 0.5) is 8.78 Å². The molecule has 126 valence electrons. The molecule has 4 nitrogen and oxygen atoms in total. The number of hydrazine groups is 1. The number of hydrogen-bond donors (Lipinski definition) is 3. The first-order chi connectivity index (χ1) is 12.0. The van der Waals surface area contributed by atoms with Gasteiger partial charge in [0.25, 0.3) is 5.91 Å². The SMILES string of the molecule is NNC(=O)c1c(O)cc(-c2ccc(F)cc2)cc1-c1ccc(F)cc1. The minimum Gasteiger partial charge on any atom is -0.507 e. The van der Waals surface area contributed by atoms with Crippen molar-refractivity contribution < 1.29 is 18.7 Å². The van der Waals surface area contributed by atoms with Crippen molar-refractivity contribution in [2.45, 2.75) is 0 Å². The molecule has 6 heteroatoms. The smallest absolute Gasteiger partial charge is 0.269 e. The standard InChI is InChI=1S/C19H14F2N2O2/c20-14-5-1-11(2-6-14)13-9-16(12-3-7-15(21)8-4-12)18(17(24)10-13)19(25)23-22/h1-10,24H,22H2,(H,23,25). The minimum absolute atomic E-state index is 0.0278. The molecule has 0 radical (unpaired) electrons. The zero-order chi connectivity index (χ0) is 18.0. The van der Waals surface area contributed by atoms with E-state index < -0.39 is 11.7 Å². The molecule has 25 heavy (non-hydrogen) atoms. The van der Waals surface area contributed by atoms with E-state index in [0.717, 1.165) is 0 Å². The van der Waals surface area contributed by atoms with E-state index in [0.29, 0.717) is 22.3 Å². The number of nitrogens with two attached hydrogens (primary N) is 1. The number of nitrogens with one attached hydrogen (secondary N) is 1. The summed E-state index contributed by atoms with van der Waals surface area (Å²) in [6, 6.07) is 14.2. The Labute approximate surface area is 142 Å². The average molecular weight is 340 g/mol. The van der Waals surface area contributed by atoms with Crippen LogP contribution in [0, 0.1) is 11.6 Å². The number of nitrogen functional groups attached to an aromatic ring is 1. The van der Waals surface area contributed by atoms with Crippen LogP contribution in [0.2, 0.25) is 0 Å². The second-order valence-electron chi connectivity index (χ2n) is 5.41. The molecule has 0 unspecified atom stereocenters. The molecule has 3 aromatic rings. The van der Waals surface area contributed by atoms with E-state index in [-0.39, 0.29) is 17.1 Å². The van der Waals surface area contributed by atoms with Gasteiger partial charge in [-0.05, 0) is 58.7 Å². The maximum Gasteiger partial charge on any atom is 0.269 e. The molecule has 0 aliphatic carbocycles. The van der Waals surface area contributed by atoms with Crippen LogP contribution in [0.25, 0.3) is 22.3 Å². The van der Waals surface area contributed by atoms with Crippen molar-refractivity contribution in [3.05, 3.63) is 77.9 Å². The van der Waals surface area contributed by atoms with Crippen LogP contribution in [-0.4, -0.2) is 11.0 Å². The van der Waals surface area contributed by atoms with Crippen LogP contribution >= 0.6 is 0 Å². The molecule has 0 heterocycles. The fourth-order valence-corrected chi connectivity index (χ4v) is 2.60. The second-order valence-corrected chi connectivity index (χ2v) is 5.41. The molecule has 3 aromatic carbocycles. The zero-order valence-corrected chi connectivity index (χ0v) is 13.0. The molecular formula is C19H14F2N2O2. The third-order valence-electron chi connectivity index (χ3n) is 3.81. The third-order valence-corrected chi connectivity index (χ3v) is 3.81. The number of phenolic OH excluding ortho intramolecular Hbond substituents is 1. The van der Waals surface area contributed by atoms with Crippen molar-refractivity contribution in [2.75, 3.05) is 0 Å². The summed E-state index contributed by atoms with van der Waals surface area (Å²) in [5, 5.41) is 10.3. The molecule has 0 aliphatic rings. The van der Waals surface area contributed by atoms with Crippen LogP contribution in [-0.2, 0) is 0 Å². The van der Waals surface area contributed by atoms with E-state index in [1.807, 2.05) is 5.43 Å². The van der Waals surface area contributed by atoms with Gasteiger partial charge in [-0.25, -0.2) is 14.6 Å². The Morgan fingerprint density at radius 2 is 1.36 bits per heavy atom. The molecule has 1 amide bonds. The monoisotopic (exact) mass is 340 g/mol. The molecule has 3 rings (SSSR count). The lowest BCUT2D eigenvalue weighted by Gasteiger charge is -2.14. The van der Waals surface area contributed by atoms with Crippen molar-refractivity contribution in [3.8, 4) is 28.0 Å². The van der Waals surface area contributed by atoms with E-state index in [1.54, 1.807) is 18.2 Å². The molecular weight excluding hydrogens is 326 g/mol. The molecule has 0 aromatic heterocycles. The number of amides is 1. The molecule has 0 aliphatic heterocycles. The van der Waals surface area contributed by atoms with Gasteiger partial charge in [-0.3, -0.25) is 10.2 Å². The Kier molecular flexibility index (Phi) is 4.45. The van der Waals surface area contributed by atoms with Gasteiger partial charge >= 0.3 is 0 Å². The quantitative estimate of drug-likeness (QED) is 0.387. The fourth-order valence-electron chi connectivity index (χ4n) is 2.60. The zero-order valence-electron chi connectivity index (χ0n) is 13.0. The van der Waals surface area contributed by atoms with Gasteiger partial charge in [-0.15, -0.1) is 0 Å². The highest BCUT2D eigenvalue weighted by Crippen LogP contribution is 2.35. The Balaban J connectivity index is 2.23. The first-order valence-corrected chi connectivity index (χ1v) is 7.39. The van der Waals surface area contributed by atoms with Gasteiger partial charge in [-0.2, -0.15) is 0 Å². The average Bonchev–Trinajstić information content (AvgIpc) is 2.61.